The molecule has 0 bridgehead atoms. The predicted molar refractivity (Wildman–Crippen MR) is 136 cm³/mol. The zero-order chi connectivity index (χ0) is 24.4. The van der Waals surface area contributed by atoms with Gasteiger partial charge in [0.15, 0.2) is 0 Å². The summed E-state index contributed by atoms with van der Waals surface area (Å²) in [6, 6.07) is 7.67. The van der Waals surface area contributed by atoms with Crippen LogP contribution in [0.5, 0.6) is 5.75 Å². The predicted octanol–water partition coefficient (Wildman–Crippen LogP) is 3.31. The highest BCUT2D eigenvalue weighted by molar-refractivity contribution is 5.87. The lowest BCUT2D eigenvalue weighted by molar-refractivity contribution is -0.509. The summed E-state index contributed by atoms with van der Waals surface area (Å²) in [6.45, 7) is 10.4. The van der Waals surface area contributed by atoms with E-state index in [1.807, 2.05) is 18.2 Å². The fraction of sp³-hybridized carbons (Fsp3) is 0.577. The molecule has 2 unspecified atom stereocenters. The van der Waals surface area contributed by atoms with Crippen molar-refractivity contribution in [2.24, 2.45) is 5.16 Å². The minimum absolute atomic E-state index is 0.0712. The molecule has 0 aromatic heterocycles. The smallest absolute Gasteiger partial charge is 0.237 e. The standard InChI is InChI=1S/C26H35N5O4/c1-19(2)34-26-6-4-3-5-24(26)29-13-11-28(12-14-29)18-23-15-21(27-35-23)17-30-10-9-20-7-8-22(31(32)33)16-25(20)30/h3-8,19,22-23H,9-18H2,1-2H3. The second-order valence-electron chi connectivity index (χ2n) is 10.1. The molecule has 1 fully saturated rings. The van der Waals surface area contributed by atoms with Crippen molar-refractivity contribution in [1.82, 2.24) is 9.80 Å². The van der Waals surface area contributed by atoms with Gasteiger partial charge in [-0.15, -0.1) is 0 Å². The molecule has 1 saturated heterocycles. The average molecular weight is 482 g/mol. The van der Waals surface area contributed by atoms with Crippen LogP contribution in [0.2, 0.25) is 0 Å². The summed E-state index contributed by atoms with van der Waals surface area (Å²) in [7, 11) is 0. The third-order valence-corrected chi connectivity index (χ3v) is 7.17. The van der Waals surface area contributed by atoms with Crippen LogP contribution in [0.15, 0.2) is 52.8 Å². The normalized spacial score (nSPS) is 24.6. The zero-order valence-electron chi connectivity index (χ0n) is 20.6. The molecule has 0 N–H and O–H groups in total. The maximum Gasteiger partial charge on any atom is 0.237 e. The van der Waals surface area contributed by atoms with Crippen LogP contribution in [0.25, 0.3) is 0 Å². The van der Waals surface area contributed by atoms with Gasteiger partial charge in [0.25, 0.3) is 0 Å². The molecule has 2 atom stereocenters. The van der Waals surface area contributed by atoms with Gasteiger partial charge >= 0.3 is 0 Å². The summed E-state index contributed by atoms with van der Waals surface area (Å²) in [6.07, 6.45) is 6.13. The monoisotopic (exact) mass is 481 g/mol. The Morgan fingerprint density at radius 1 is 1.17 bits per heavy atom. The van der Waals surface area contributed by atoms with E-state index in [9.17, 15) is 10.1 Å². The number of ether oxygens (including phenoxy) is 1. The number of hydrogen-bond acceptors (Lipinski definition) is 8. The molecule has 0 radical (unpaired) electrons. The molecule has 35 heavy (non-hydrogen) atoms. The van der Waals surface area contributed by atoms with E-state index in [2.05, 4.69) is 45.8 Å². The zero-order valence-corrected chi connectivity index (χ0v) is 20.6. The number of nitrogens with zero attached hydrogens (tertiary/aromatic N) is 5. The number of allylic oxidation sites excluding steroid dienone is 1. The van der Waals surface area contributed by atoms with Gasteiger partial charge in [0.1, 0.15) is 11.9 Å². The molecule has 1 aromatic carbocycles. The van der Waals surface area contributed by atoms with Crippen LogP contribution in [-0.4, -0.2) is 84.5 Å². The summed E-state index contributed by atoms with van der Waals surface area (Å²) in [5.41, 5.74) is 4.55. The highest BCUT2D eigenvalue weighted by Gasteiger charge is 2.33. The van der Waals surface area contributed by atoms with Crippen molar-refractivity contribution in [3.8, 4) is 5.75 Å². The molecule has 4 aliphatic rings. The molecule has 1 aromatic rings. The summed E-state index contributed by atoms with van der Waals surface area (Å²) in [4.78, 5) is 24.0. The van der Waals surface area contributed by atoms with Gasteiger partial charge in [-0.1, -0.05) is 23.4 Å². The Labute approximate surface area is 206 Å². The van der Waals surface area contributed by atoms with Gasteiger partial charge < -0.3 is 19.4 Å². The lowest BCUT2D eigenvalue weighted by Crippen LogP contribution is -2.48. The van der Waals surface area contributed by atoms with Crippen LogP contribution >= 0.6 is 0 Å². The molecule has 3 aliphatic heterocycles. The van der Waals surface area contributed by atoms with Gasteiger partial charge in [0.2, 0.25) is 6.04 Å². The lowest BCUT2D eigenvalue weighted by atomic mass is 10.00. The van der Waals surface area contributed by atoms with Crippen molar-refractivity contribution in [2.45, 2.75) is 51.4 Å². The van der Waals surface area contributed by atoms with Gasteiger partial charge in [-0.05, 0) is 44.1 Å². The summed E-state index contributed by atoms with van der Waals surface area (Å²) < 4.78 is 6.02. The van der Waals surface area contributed by atoms with Crippen LogP contribution in [0.1, 0.15) is 33.1 Å². The molecule has 0 amide bonds. The Bertz CT molecular complexity index is 1030. The van der Waals surface area contributed by atoms with E-state index in [1.165, 1.54) is 11.3 Å². The average Bonchev–Trinajstić information content (AvgIpc) is 3.46. The molecule has 3 heterocycles. The first-order valence-corrected chi connectivity index (χ1v) is 12.7. The van der Waals surface area contributed by atoms with Gasteiger partial charge in [-0.2, -0.15) is 0 Å². The van der Waals surface area contributed by atoms with Crippen molar-refractivity contribution in [3.63, 3.8) is 0 Å². The van der Waals surface area contributed by atoms with Crippen LogP contribution in [-0.2, 0) is 4.84 Å². The topological polar surface area (TPSA) is 83.7 Å². The van der Waals surface area contributed by atoms with E-state index in [0.29, 0.717) is 13.0 Å². The Morgan fingerprint density at radius 3 is 2.74 bits per heavy atom. The van der Waals surface area contributed by atoms with Crippen molar-refractivity contribution in [3.05, 3.63) is 57.8 Å². The Kier molecular flexibility index (Phi) is 6.95. The number of rotatable bonds is 8. The number of nitro groups is 1. The molecule has 0 spiro atoms. The molecular weight excluding hydrogens is 446 g/mol. The highest BCUT2D eigenvalue weighted by Crippen LogP contribution is 2.33. The number of piperazine rings is 1. The molecule has 0 saturated carbocycles. The highest BCUT2D eigenvalue weighted by atomic mass is 16.6. The van der Waals surface area contributed by atoms with Crippen molar-refractivity contribution >= 4 is 11.4 Å². The van der Waals surface area contributed by atoms with Crippen LogP contribution in [0, 0.1) is 10.1 Å². The van der Waals surface area contributed by atoms with E-state index < -0.39 is 6.04 Å². The van der Waals surface area contributed by atoms with Crippen LogP contribution in [0.4, 0.5) is 5.69 Å². The van der Waals surface area contributed by atoms with E-state index in [-0.39, 0.29) is 17.1 Å². The minimum Gasteiger partial charge on any atom is -0.489 e. The summed E-state index contributed by atoms with van der Waals surface area (Å²) in [5, 5.41) is 15.6. The largest absolute Gasteiger partial charge is 0.489 e. The van der Waals surface area contributed by atoms with Gasteiger partial charge in [0, 0.05) is 56.3 Å². The second kappa shape index (κ2) is 10.3. The number of benzene rings is 1. The number of anilines is 1. The van der Waals surface area contributed by atoms with E-state index in [1.54, 1.807) is 6.08 Å². The molecule has 5 rings (SSSR count). The quantitative estimate of drug-likeness (QED) is 0.416. The van der Waals surface area contributed by atoms with Gasteiger partial charge in [-0.3, -0.25) is 15.0 Å². The van der Waals surface area contributed by atoms with Gasteiger partial charge in [0.05, 0.1) is 30.5 Å². The van der Waals surface area contributed by atoms with E-state index >= 15 is 0 Å². The first-order chi connectivity index (χ1) is 17.0. The molecule has 188 valence electrons. The molecule has 9 nitrogen and oxygen atoms in total. The number of para-hydroxylation sites is 2. The van der Waals surface area contributed by atoms with Crippen molar-refractivity contribution in [1.29, 1.82) is 0 Å². The number of oxime groups is 1. The maximum absolute atomic E-state index is 11.2. The van der Waals surface area contributed by atoms with Crippen molar-refractivity contribution in [2.75, 3.05) is 50.7 Å². The molecule has 9 heteroatoms. The summed E-state index contributed by atoms with van der Waals surface area (Å²) >= 11 is 0. The maximum atomic E-state index is 11.2. The fourth-order valence-electron chi connectivity index (χ4n) is 5.42. The third-order valence-electron chi connectivity index (χ3n) is 7.17. The lowest BCUT2D eigenvalue weighted by Gasteiger charge is -2.37. The molecule has 1 aliphatic carbocycles. The minimum atomic E-state index is -0.619. The van der Waals surface area contributed by atoms with Crippen LogP contribution in [0.3, 0.4) is 0 Å². The van der Waals surface area contributed by atoms with Crippen molar-refractivity contribution < 1.29 is 14.5 Å². The van der Waals surface area contributed by atoms with Crippen LogP contribution < -0.4 is 9.64 Å². The Hall–Kier alpha value is -3.07. The van der Waals surface area contributed by atoms with E-state index in [0.717, 1.165) is 69.3 Å². The Morgan fingerprint density at radius 2 is 1.97 bits per heavy atom. The second-order valence-corrected chi connectivity index (χ2v) is 10.1. The molecular formula is C26H35N5O4. The first kappa shape index (κ1) is 23.7. The third kappa shape index (κ3) is 5.45. The Balaban J connectivity index is 1.09. The SMILES string of the molecule is CC(C)Oc1ccccc1N1CCN(CC2CC(CN3CCC4=C3CC([N+](=O)[O-])C=C4)=NO2)CC1. The number of hydrogen-bond donors (Lipinski definition) is 0. The first-order valence-electron chi connectivity index (χ1n) is 12.7. The van der Waals surface area contributed by atoms with E-state index in [4.69, 9.17) is 9.57 Å². The van der Waals surface area contributed by atoms with Gasteiger partial charge in [-0.25, -0.2) is 0 Å². The summed E-state index contributed by atoms with van der Waals surface area (Å²) in [5.74, 6) is 0.950. The fourth-order valence-corrected chi connectivity index (χ4v) is 5.42.